The van der Waals surface area contributed by atoms with Gasteiger partial charge in [-0.25, -0.2) is 0 Å². The Kier molecular flexibility index (Phi) is 2.76. The average molecular weight is 314 g/mol. The van der Waals surface area contributed by atoms with Crippen molar-refractivity contribution in [1.29, 1.82) is 0 Å². The Morgan fingerprint density at radius 1 is 0.792 bits per heavy atom. The molecule has 5 rings (SSSR count). The lowest BCUT2D eigenvalue weighted by atomic mass is 9.91. The highest BCUT2D eigenvalue weighted by Crippen LogP contribution is 2.33. The van der Waals surface area contributed by atoms with E-state index in [0.717, 1.165) is 19.4 Å². The summed E-state index contributed by atoms with van der Waals surface area (Å²) in [5.41, 5.74) is 2.89. The van der Waals surface area contributed by atoms with Gasteiger partial charge in [-0.2, -0.15) is 9.13 Å². The van der Waals surface area contributed by atoms with Crippen molar-refractivity contribution in [3.8, 4) is 0 Å². The quantitative estimate of drug-likeness (QED) is 0.386. The van der Waals surface area contributed by atoms with E-state index in [2.05, 4.69) is 83.9 Å². The number of pyridine rings is 2. The van der Waals surface area contributed by atoms with Crippen molar-refractivity contribution in [3.05, 3.63) is 60.9 Å². The third-order valence-electron chi connectivity index (χ3n) is 6.07. The van der Waals surface area contributed by atoms with Crippen molar-refractivity contribution >= 4 is 32.6 Å². The number of nitrogens with zero attached hydrogens (tertiary/aromatic N) is 2. The zero-order valence-electron chi connectivity index (χ0n) is 14.3. The molecule has 2 aromatic heterocycles. The molecule has 3 heterocycles. The van der Waals surface area contributed by atoms with E-state index in [9.17, 15) is 0 Å². The van der Waals surface area contributed by atoms with Crippen molar-refractivity contribution < 1.29 is 9.13 Å². The van der Waals surface area contributed by atoms with Crippen LogP contribution in [0.3, 0.4) is 0 Å². The van der Waals surface area contributed by atoms with E-state index in [1.807, 2.05) is 0 Å². The van der Waals surface area contributed by atoms with Crippen molar-refractivity contribution in [2.24, 2.45) is 0 Å². The van der Waals surface area contributed by atoms with Gasteiger partial charge in [0.25, 0.3) is 0 Å². The second-order valence-electron chi connectivity index (χ2n) is 7.05. The van der Waals surface area contributed by atoms with Gasteiger partial charge < -0.3 is 0 Å². The third-order valence-corrected chi connectivity index (χ3v) is 6.07. The Balaban J connectivity index is 2.15. The zero-order valence-corrected chi connectivity index (χ0v) is 14.3. The minimum Gasteiger partial charge on any atom is -0.190 e. The predicted molar refractivity (Wildman–Crippen MR) is 97.9 cm³/mol. The lowest BCUT2D eigenvalue weighted by Crippen LogP contribution is -2.61. The molecule has 0 spiro atoms. The summed E-state index contributed by atoms with van der Waals surface area (Å²) in [4.78, 5) is 0. The second kappa shape index (κ2) is 4.76. The van der Waals surface area contributed by atoms with E-state index in [1.165, 1.54) is 32.6 Å². The van der Waals surface area contributed by atoms with Crippen LogP contribution in [0.15, 0.2) is 60.9 Å². The summed E-state index contributed by atoms with van der Waals surface area (Å²) < 4.78 is 5.05. The molecule has 0 fully saturated rings. The minimum atomic E-state index is 0.117. The highest BCUT2D eigenvalue weighted by molar-refractivity contribution is 6.15. The molecule has 118 valence electrons. The van der Waals surface area contributed by atoms with Crippen LogP contribution in [0.4, 0.5) is 0 Å². The normalized spacial score (nSPS) is 15.6. The summed E-state index contributed by atoms with van der Waals surface area (Å²) in [6, 6.07) is 17.9. The highest BCUT2D eigenvalue weighted by Gasteiger charge is 2.45. The molecule has 0 atom stereocenters. The van der Waals surface area contributed by atoms with Gasteiger partial charge >= 0.3 is 0 Å². The van der Waals surface area contributed by atoms with Gasteiger partial charge in [0, 0.05) is 35.7 Å². The summed E-state index contributed by atoms with van der Waals surface area (Å²) in [7, 11) is 0. The van der Waals surface area contributed by atoms with Crippen LogP contribution in [0.1, 0.15) is 26.7 Å². The molecule has 0 unspecified atom stereocenters. The maximum Gasteiger partial charge on any atom is 0.227 e. The van der Waals surface area contributed by atoms with E-state index in [4.69, 9.17) is 0 Å². The first-order valence-corrected chi connectivity index (χ1v) is 8.96. The second-order valence-corrected chi connectivity index (χ2v) is 7.05. The number of hydrogen-bond acceptors (Lipinski definition) is 0. The van der Waals surface area contributed by atoms with Gasteiger partial charge in [-0.3, -0.25) is 0 Å². The van der Waals surface area contributed by atoms with Crippen LogP contribution < -0.4 is 9.13 Å². The lowest BCUT2D eigenvalue weighted by Gasteiger charge is -2.23. The molecule has 24 heavy (non-hydrogen) atoms. The van der Waals surface area contributed by atoms with Crippen LogP contribution in [0.25, 0.3) is 32.6 Å². The van der Waals surface area contributed by atoms with Gasteiger partial charge in [0.05, 0.1) is 0 Å². The molecule has 0 amide bonds. The minimum absolute atomic E-state index is 0.117. The molecule has 0 radical (unpaired) electrons. The Labute approximate surface area is 142 Å². The van der Waals surface area contributed by atoms with E-state index in [-0.39, 0.29) is 5.54 Å². The average Bonchev–Trinajstić information content (AvgIpc) is 2.77. The third kappa shape index (κ3) is 1.61. The smallest absolute Gasteiger partial charge is 0.190 e. The highest BCUT2D eigenvalue weighted by atomic mass is 15.1. The van der Waals surface area contributed by atoms with Crippen molar-refractivity contribution in [2.45, 2.75) is 38.8 Å². The first-order valence-electron chi connectivity index (χ1n) is 8.96. The molecule has 0 aliphatic carbocycles. The van der Waals surface area contributed by atoms with E-state index < -0.39 is 0 Å². The maximum absolute atomic E-state index is 2.57. The van der Waals surface area contributed by atoms with Crippen molar-refractivity contribution in [3.63, 3.8) is 0 Å². The van der Waals surface area contributed by atoms with Gasteiger partial charge in [-0.15, -0.1) is 0 Å². The van der Waals surface area contributed by atoms with Crippen LogP contribution in [-0.4, -0.2) is 0 Å². The fourth-order valence-corrected chi connectivity index (χ4v) is 4.62. The standard InChI is InChI=1S/C22H22N2/c1-3-22(4-2)15-23-13-5-7-17-11-9-16-10-12-18-8-6-14-24(22)21(18)19(16)20(17)23/h5-14H,3-4,15H2,1-2H3/q+2. The SMILES string of the molecule is CCC1(CC)C[n+]2cccc3ccc4ccc5ccc[n+]1c5c4c32. The maximum atomic E-state index is 2.57. The molecule has 1 aliphatic heterocycles. The Morgan fingerprint density at radius 3 is 2.12 bits per heavy atom. The summed E-state index contributed by atoms with van der Waals surface area (Å²) in [6.45, 7) is 5.67. The summed E-state index contributed by atoms with van der Waals surface area (Å²) in [5, 5.41) is 5.39. The monoisotopic (exact) mass is 314 g/mol. The van der Waals surface area contributed by atoms with E-state index >= 15 is 0 Å². The fourth-order valence-electron chi connectivity index (χ4n) is 4.62. The fraction of sp³-hybridized carbons (Fsp3) is 0.273. The molecule has 4 aromatic rings. The van der Waals surface area contributed by atoms with Crippen LogP contribution in [-0.2, 0) is 12.1 Å². The molecule has 2 aromatic carbocycles. The molecular formula is C22H22N2+2. The first-order chi connectivity index (χ1) is 11.8. The van der Waals surface area contributed by atoms with Gasteiger partial charge in [-0.05, 0) is 29.7 Å². The number of rotatable bonds is 2. The number of aromatic nitrogens is 2. The summed E-state index contributed by atoms with van der Waals surface area (Å²) in [6.07, 6.45) is 6.80. The van der Waals surface area contributed by atoms with Crippen LogP contribution in [0.2, 0.25) is 0 Å². The Morgan fingerprint density at radius 2 is 1.42 bits per heavy atom. The zero-order chi connectivity index (χ0) is 16.3. The molecule has 0 bridgehead atoms. The lowest BCUT2D eigenvalue weighted by molar-refractivity contribution is -0.808. The van der Waals surface area contributed by atoms with E-state index in [1.54, 1.807) is 0 Å². The topological polar surface area (TPSA) is 7.76 Å². The summed E-state index contributed by atoms with van der Waals surface area (Å²) >= 11 is 0. The summed E-state index contributed by atoms with van der Waals surface area (Å²) in [5.74, 6) is 0. The first kappa shape index (κ1) is 13.9. The van der Waals surface area contributed by atoms with Crippen LogP contribution in [0.5, 0.6) is 0 Å². The van der Waals surface area contributed by atoms with Crippen LogP contribution >= 0.6 is 0 Å². The molecule has 2 heteroatoms. The Bertz CT molecular complexity index is 1100. The van der Waals surface area contributed by atoms with Gasteiger partial charge in [0.2, 0.25) is 23.1 Å². The van der Waals surface area contributed by atoms with Crippen molar-refractivity contribution in [1.82, 2.24) is 0 Å². The molecule has 0 saturated heterocycles. The number of benzene rings is 2. The van der Waals surface area contributed by atoms with E-state index in [0.29, 0.717) is 0 Å². The predicted octanol–water partition coefficient (Wildman–Crippen LogP) is 4.25. The molecular weight excluding hydrogens is 292 g/mol. The van der Waals surface area contributed by atoms with Crippen LogP contribution in [0, 0.1) is 0 Å². The van der Waals surface area contributed by atoms with Crippen molar-refractivity contribution in [2.75, 3.05) is 0 Å². The van der Waals surface area contributed by atoms with Gasteiger partial charge in [0.1, 0.15) is 5.39 Å². The Hall–Kier alpha value is -2.48. The van der Waals surface area contributed by atoms with Gasteiger partial charge in [-0.1, -0.05) is 26.0 Å². The van der Waals surface area contributed by atoms with Gasteiger partial charge in [0.15, 0.2) is 12.4 Å². The molecule has 2 nitrogen and oxygen atoms in total. The molecule has 0 saturated carbocycles. The number of hydrogen-bond donors (Lipinski definition) is 0. The molecule has 0 N–H and O–H groups in total. The largest absolute Gasteiger partial charge is 0.227 e. The molecule has 1 aliphatic rings.